The number of halogens is 1. The van der Waals surface area contributed by atoms with Crippen LogP contribution in [0.2, 0.25) is 0 Å². The summed E-state index contributed by atoms with van der Waals surface area (Å²) in [6, 6.07) is 12.2. The lowest BCUT2D eigenvalue weighted by molar-refractivity contribution is 0.0901. The molecule has 0 saturated carbocycles. The molecule has 2 aliphatic heterocycles. The molecule has 3 heterocycles. The van der Waals surface area contributed by atoms with Crippen molar-refractivity contribution in [3.63, 3.8) is 0 Å². The SMILES string of the molecule is CC1(C)Cc2nc(N3CCOc4ccc(NCc5ccc(F)c(C#N)c5)cc43)sc2C(=O)N1. The number of ether oxygens (including phenoxy) is 1. The van der Waals surface area contributed by atoms with Gasteiger partial charge in [0.05, 0.1) is 23.5 Å². The van der Waals surface area contributed by atoms with Gasteiger partial charge in [0, 0.05) is 24.2 Å². The zero-order valence-electron chi connectivity index (χ0n) is 18.2. The molecule has 2 aromatic carbocycles. The average Bonchev–Trinajstić information content (AvgIpc) is 3.21. The quantitative estimate of drug-likeness (QED) is 0.598. The number of nitrogens with one attached hydrogen (secondary N) is 2. The molecule has 2 N–H and O–H groups in total. The maximum absolute atomic E-state index is 13.6. The zero-order valence-corrected chi connectivity index (χ0v) is 19.1. The Hall–Kier alpha value is -3.64. The van der Waals surface area contributed by atoms with E-state index in [4.69, 9.17) is 15.0 Å². The van der Waals surface area contributed by atoms with Gasteiger partial charge in [-0.05, 0) is 49.7 Å². The number of carbonyl (C=O) groups is 1. The second-order valence-corrected chi connectivity index (χ2v) is 9.73. The lowest BCUT2D eigenvalue weighted by Gasteiger charge is -2.30. The van der Waals surface area contributed by atoms with E-state index in [-0.39, 0.29) is 17.0 Å². The Bertz CT molecular complexity index is 1300. The number of benzene rings is 2. The largest absolute Gasteiger partial charge is 0.490 e. The first-order chi connectivity index (χ1) is 15.8. The topological polar surface area (TPSA) is 90.3 Å². The number of hydrogen-bond donors (Lipinski definition) is 2. The van der Waals surface area contributed by atoms with Gasteiger partial charge in [-0.2, -0.15) is 5.26 Å². The van der Waals surface area contributed by atoms with Crippen LogP contribution in [0.3, 0.4) is 0 Å². The van der Waals surface area contributed by atoms with Gasteiger partial charge in [-0.15, -0.1) is 0 Å². The number of nitrogens with zero attached hydrogens (tertiary/aromatic N) is 3. The summed E-state index contributed by atoms with van der Waals surface area (Å²) in [5, 5.41) is 16.2. The van der Waals surface area contributed by atoms with Gasteiger partial charge in [0.1, 0.15) is 29.1 Å². The first-order valence-electron chi connectivity index (χ1n) is 10.6. The summed E-state index contributed by atoms with van der Waals surface area (Å²) in [4.78, 5) is 20.1. The fourth-order valence-corrected chi connectivity index (χ4v) is 5.09. The molecule has 5 rings (SSSR count). The monoisotopic (exact) mass is 463 g/mol. The van der Waals surface area contributed by atoms with Crippen LogP contribution in [0.1, 0.15) is 40.3 Å². The fourth-order valence-electron chi connectivity index (χ4n) is 4.08. The minimum Gasteiger partial charge on any atom is -0.490 e. The first-order valence-corrected chi connectivity index (χ1v) is 11.4. The smallest absolute Gasteiger partial charge is 0.263 e. The Morgan fingerprint density at radius 1 is 1.33 bits per heavy atom. The Labute approximate surface area is 194 Å². The molecule has 2 aliphatic rings. The van der Waals surface area contributed by atoms with E-state index in [1.165, 1.54) is 17.4 Å². The van der Waals surface area contributed by atoms with E-state index in [0.29, 0.717) is 31.0 Å². The van der Waals surface area contributed by atoms with Gasteiger partial charge in [-0.1, -0.05) is 17.4 Å². The third kappa shape index (κ3) is 4.10. The number of nitriles is 1. The van der Waals surface area contributed by atoms with E-state index in [9.17, 15) is 9.18 Å². The highest BCUT2D eigenvalue weighted by molar-refractivity contribution is 7.17. The third-order valence-corrected chi connectivity index (χ3v) is 6.77. The van der Waals surface area contributed by atoms with E-state index < -0.39 is 5.82 Å². The normalized spacial score (nSPS) is 16.2. The second kappa shape index (κ2) is 8.05. The standard InChI is InChI=1S/C24H22FN5O2S/c1-24(2)11-18-21(22(31)29-24)33-23(28-18)30-7-8-32-20-6-4-16(10-19(20)30)27-13-14-3-5-17(25)15(9-14)12-26/h3-6,9-10,27H,7-8,11,13H2,1-2H3,(H,29,31). The molecular weight excluding hydrogens is 441 g/mol. The van der Waals surface area contributed by atoms with Gasteiger partial charge >= 0.3 is 0 Å². The van der Waals surface area contributed by atoms with Crippen LogP contribution in [0.5, 0.6) is 5.75 Å². The van der Waals surface area contributed by atoms with Crippen LogP contribution < -0.4 is 20.3 Å². The van der Waals surface area contributed by atoms with Gasteiger partial charge in [0.15, 0.2) is 5.13 Å². The Morgan fingerprint density at radius 3 is 3.00 bits per heavy atom. The van der Waals surface area contributed by atoms with Crippen LogP contribution in [0.15, 0.2) is 36.4 Å². The number of thiazole rings is 1. The van der Waals surface area contributed by atoms with Crippen molar-refractivity contribution in [3.8, 4) is 11.8 Å². The number of hydrogen-bond acceptors (Lipinski definition) is 7. The van der Waals surface area contributed by atoms with Gasteiger partial charge < -0.3 is 20.3 Å². The molecule has 0 radical (unpaired) electrons. The van der Waals surface area contributed by atoms with Gasteiger partial charge in [-0.25, -0.2) is 9.37 Å². The molecule has 7 nitrogen and oxygen atoms in total. The molecule has 0 spiro atoms. The molecule has 1 aromatic heterocycles. The van der Waals surface area contributed by atoms with E-state index in [1.807, 2.05) is 38.1 Å². The molecule has 3 aromatic rings. The summed E-state index contributed by atoms with van der Waals surface area (Å²) >= 11 is 1.40. The van der Waals surface area contributed by atoms with E-state index in [0.717, 1.165) is 33.5 Å². The maximum atomic E-state index is 13.6. The van der Waals surface area contributed by atoms with Gasteiger partial charge in [0.25, 0.3) is 5.91 Å². The van der Waals surface area contributed by atoms with Crippen molar-refractivity contribution in [1.29, 1.82) is 5.26 Å². The minimum atomic E-state index is -0.522. The predicted molar refractivity (Wildman–Crippen MR) is 125 cm³/mol. The van der Waals surface area contributed by atoms with Crippen LogP contribution in [-0.2, 0) is 13.0 Å². The number of aromatic nitrogens is 1. The van der Waals surface area contributed by atoms with E-state index >= 15 is 0 Å². The van der Waals surface area contributed by atoms with Crippen molar-refractivity contribution >= 4 is 33.8 Å². The molecule has 168 valence electrons. The average molecular weight is 464 g/mol. The fraction of sp³-hybridized carbons (Fsp3) is 0.292. The molecule has 0 unspecified atom stereocenters. The van der Waals surface area contributed by atoms with E-state index in [1.54, 1.807) is 12.1 Å². The van der Waals surface area contributed by atoms with Crippen molar-refractivity contribution in [3.05, 3.63) is 63.9 Å². The summed E-state index contributed by atoms with van der Waals surface area (Å²) in [5.74, 6) is 0.147. The highest BCUT2D eigenvalue weighted by atomic mass is 32.1. The summed E-state index contributed by atoms with van der Waals surface area (Å²) in [6.07, 6.45) is 0.686. The molecule has 0 bridgehead atoms. The molecule has 33 heavy (non-hydrogen) atoms. The van der Waals surface area contributed by atoms with Crippen molar-refractivity contribution in [2.75, 3.05) is 23.4 Å². The summed E-state index contributed by atoms with van der Waals surface area (Å²) < 4.78 is 19.4. The molecule has 9 heteroatoms. The van der Waals surface area contributed by atoms with Gasteiger partial charge in [-0.3, -0.25) is 4.79 Å². The summed E-state index contributed by atoms with van der Waals surface area (Å²) in [5.41, 5.74) is 3.07. The molecule has 0 saturated heterocycles. The van der Waals surface area contributed by atoms with Crippen molar-refractivity contribution < 1.29 is 13.9 Å². The lowest BCUT2D eigenvalue weighted by atomic mass is 9.94. The molecular formula is C24H22FN5O2S. The number of rotatable bonds is 4. The van der Waals surface area contributed by atoms with Crippen LogP contribution in [0, 0.1) is 17.1 Å². The summed E-state index contributed by atoms with van der Waals surface area (Å²) in [6.45, 7) is 5.58. The molecule has 0 aliphatic carbocycles. The van der Waals surface area contributed by atoms with Crippen LogP contribution in [-0.4, -0.2) is 29.6 Å². The van der Waals surface area contributed by atoms with Crippen LogP contribution in [0.25, 0.3) is 0 Å². The second-order valence-electron chi connectivity index (χ2n) is 8.75. The van der Waals surface area contributed by atoms with Crippen LogP contribution >= 0.6 is 11.3 Å². The van der Waals surface area contributed by atoms with Crippen molar-refractivity contribution in [2.45, 2.75) is 32.4 Å². The van der Waals surface area contributed by atoms with Gasteiger partial charge in [0.2, 0.25) is 0 Å². The zero-order chi connectivity index (χ0) is 23.2. The predicted octanol–water partition coefficient (Wildman–Crippen LogP) is 4.36. The Balaban J connectivity index is 1.41. The Kier molecular flexibility index (Phi) is 5.17. The molecule has 0 atom stereocenters. The van der Waals surface area contributed by atoms with Crippen molar-refractivity contribution in [1.82, 2.24) is 10.3 Å². The summed E-state index contributed by atoms with van der Waals surface area (Å²) in [7, 11) is 0. The molecule has 0 fully saturated rings. The number of anilines is 3. The Morgan fingerprint density at radius 2 is 2.18 bits per heavy atom. The molecule has 1 amide bonds. The van der Waals surface area contributed by atoms with E-state index in [2.05, 4.69) is 15.5 Å². The third-order valence-electron chi connectivity index (χ3n) is 5.65. The lowest BCUT2D eigenvalue weighted by Crippen LogP contribution is -2.48. The van der Waals surface area contributed by atoms with Crippen molar-refractivity contribution in [2.24, 2.45) is 0 Å². The first kappa shape index (κ1) is 21.2. The number of carbonyl (C=O) groups excluding carboxylic acids is 1. The number of fused-ring (bicyclic) bond motifs is 2. The minimum absolute atomic E-state index is 0.0271. The maximum Gasteiger partial charge on any atom is 0.263 e. The highest BCUT2D eigenvalue weighted by Crippen LogP contribution is 2.41. The number of amides is 1. The van der Waals surface area contributed by atoms with Crippen LogP contribution in [0.4, 0.5) is 20.9 Å². The highest BCUT2D eigenvalue weighted by Gasteiger charge is 2.34.